The van der Waals surface area contributed by atoms with E-state index in [1.165, 1.54) is 12.1 Å². The summed E-state index contributed by atoms with van der Waals surface area (Å²) in [4.78, 5) is 23.7. The van der Waals surface area contributed by atoms with E-state index in [0.717, 1.165) is 11.1 Å². The molecule has 6 heteroatoms. The number of aryl methyl sites for hydroxylation is 2. The molecule has 0 saturated carbocycles. The van der Waals surface area contributed by atoms with Crippen LogP contribution in [-0.4, -0.2) is 25.1 Å². The molecule has 0 aliphatic heterocycles. The average molecular weight is 362 g/mol. The first kappa shape index (κ1) is 18.8. The van der Waals surface area contributed by atoms with Gasteiger partial charge in [-0.2, -0.15) is 0 Å². The molecular weight excluding hydrogens is 342 g/mol. The van der Waals surface area contributed by atoms with Gasteiger partial charge >= 0.3 is 5.97 Å². The second-order valence-electron chi connectivity index (χ2n) is 5.52. The van der Waals surface area contributed by atoms with Gasteiger partial charge in [-0.25, -0.2) is 4.79 Å². The zero-order chi connectivity index (χ0) is 18.4. The number of hydrogen-bond donors (Lipinski definition) is 1. The van der Waals surface area contributed by atoms with E-state index in [-0.39, 0.29) is 29.7 Å². The zero-order valence-electron chi connectivity index (χ0n) is 14.4. The van der Waals surface area contributed by atoms with Crippen molar-refractivity contribution in [1.29, 1.82) is 0 Å². The molecule has 0 aromatic heterocycles. The fraction of sp³-hybridized carbons (Fsp3) is 0.263. The van der Waals surface area contributed by atoms with Crippen LogP contribution in [-0.2, 0) is 9.53 Å². The number of hydrogen-bond acceptors (Lipinski definition) is 4. The summed E-state index contributed by atoms with van der Waals surface area (Å²) in [6, 6.07) is 10.4. The van der Waals surface area contributed by atoms with E-state index in [2.05, 4.69) is 5.32 Å². The lowest BCUT2D eigenvalue weighted by molar-refractivity contribution is -0.118. The van der Waals surface area contributed by atoms with Gasteiger partial charge in [0.05, 0.1) is 17.2 Å². The molecule has 0 radical (unpaired) electrons. The molecule has 0 aliphatic carbocycles. The fourth-order valence-electron chi connectivity index (χ4n) is 2.17. The van der Waals surface area contributed by atoms with Crippen molar-refractivity contribution in [2.45, 2.75) is 20.8 Å². The van der Waals surface area contributed by atoms with Crippen LogP contribution in [0, 0.1) is 13.8 Å². The number of carbonyl (C=O) groups excluding carboxylic acids is 2. The van der Waals surface area contributed by atoms with Gasteiger partial charge in [0.15, 0.2) is 6.61 Å². The van der Waals surface area contributed by atoms with Gasteiger partial charge in [0.1, 0.15) is 5.75 Å². The molecule has 132 valence electrons. The predicted molar refractivity (Wildman–Crippen MR) is 97.4 cm³/mol. The third-order valence-electron chi connectivity index (χ3n) is 3.45. The number of benzene rings is 2. The van der Waals surface area contributed by atoms with Gasteiger partial charge in [-0.15, -0.1) is 0 Å². The van der Waals surface area contributed by atoms with Crippen LogP contribution in [0.1, 0.15) is 28.4 Å². The Morgan fingerprint density at radius 3 is 2.56 bits per heavy atom. The molecule has 0 heterocycles. The van der Waals surface area contributed by atoms with Crippen molar-refractivity contribution in [1.82, 2.24) is 0 Å². The van der Waals surface area contributed by atoms with Crippen LogP contribution in [0.5, 0.6) is 5.75 Å². The lowest BCUT2D eigenvalue weighted by Gasteiger charge is -2.11. The Labute approximate surface area is 151 Å². The summed E-state index contributed by atoms with van der Waals surface area (Å²) in [5.41, 5.74) is 2.75. The van der Waals surface area contributed by atoms with Crippen LogP contribution < -0.4 is 10.1 Å². The summed E-state index contributed by atoms with van der Waals surface area (Å²) in [6.45, 7) is 5.74. The first-order valence-corrected chi connectivity index (χ1v) is 8.25. The van der Waals surface area contributed by atoms with E-state index in [0.29, 0.717) is 11.4 Å². The second kappa shape index (κ2) is 8.53. The maximum Gasteiger partial charge on any atom is 0.339 e. The van der Waals surface area contributed by atoms with Gasteiger partial charge in [-0.3, -0.25) is 4.79 Å². The molecule has 0 fully saturated rings. The van der Waals surface area contributed by atoms with Crippen molar-refractivity contribution >= 4 is 29.2 Å². The van der Waals surface area contributed by atoms with E-state index >= 15 is 0 Å². The fourth-order valence-corrected chi connectivity index (χ4v) is 2.43. The zero-order valence-corrected chi connectivity index (χ0v) is 15.1. The summed E-state index contributed by atoms with van der Waals surface area (Å²) in [7, 11) is 0. The van der Waals surface area contributed by atoms with Crippen LogP contribution in [0.4, 0.5) is 5.69 Å². The Bertz CT molecular complexity index is 789. The molecule has 0 unspecified atom stereocenters. The molecule has 0 saturated heterocycles. The Morgan fingerprint density at radius 2 is 1.88 bits per heavy atom. The Hall–Kier alpha value is -2.53. The Balaban J connectivity index is 1.97. The summed E-state index contributed by atoms with van der Waals surface area (Å²) in [6.07, 6.45) is 0. The average Bonchev–Trinajstić information content (AvgIpc) is 2.56. The molecule has 0 bridgehead atoms. The van der Waals surface area contributed by atoms with Crippen LogP contribution in [0.15, 0.2) is 36.4 Å². The van der Waals surface area contributed by atoms with Gasteiger partial charge < -0.3 is 14.8 Å². The summed E-state index contributed by atoms with van der Waals surface area (Å²) in [5.74, 6) is -0.143. The van der Waals surface area contributed by atoms with Crippen LogP contribution in [0.3, 0.4) is 0 Å². The highest BCUT2D eigenvalue weighted by Crippen LogP contribution is 2.22. The van der Waals surface area contributed by atoms with Crippen LogP contribution >= 0.6 is 11.6 Å². The van der Waals surface area contributed by atoms with Gasteiger partial charge in [-0.05, 0) is 56.2 Å². The predicted octanol–water partition coefficient (Wildman–Crippen LogP) is 4.15. The van der Waals surface area contributed by atoms with E-state index in [1.54, 1.807) is 13.0 Å². The number of halogens is 1. The van der Waals surface area contributed by atoms with Crippen molar-refractivity contribution in [2.75, 3.05) is 18.5 Å². The van der Waals surface area contributed by atoms with E-state index < -0.39 is 5.97 Å². The number of anilines is 1. The summed E-state index contributed by atoms with van der Waals surface area (Å²) >= 11 is 6.07. The molecule has 2 aromatic rings. The third-order valence-corrected chi connectivity index (χ3v) is 3.76. The SMILES string of the molecule is CCOC(=O)c1ccc(NC(=O)COc2cc(C)ccc2C)cc1Cl. The van der Waals surface area contributed by atoms with Crippen LogP contribution in [0.25, 0.3) is 0 Å². The van der Waals surface area contributed by atoms with Crippen molar-refractivity contribution in [3.63, 3.8) is 0 Å². The Kier molecular flexibility index (Phi) is 6.42. The molecule has 0 aliphatic rings. The number of esters is 1. The molecule has 0 spiro atoms. The first-order chi connectivity index (χ1) is 11.9. The lowest BCUT2D eigenvalue weighted by atomic mass is 10.1. The minimum atomic E-state index is -0.497. The summed E-state index contributed by atoms with van der Waals surface area (Å²) in [5, 5.41) is 2.90. The number of nitrogens with one attached hydrogen (secondary N) is 1. The minimum absolute atomic E-state index is 0.123. The van der Waals surface area contributed by atoms with E-state index in [4.69, 9.17) is 21.1 Å². The van der Waals surface area contributed by atoms with Crippen molar-refractivity contribution in [2.24, 2.45) is 0 Å². The van der Waals surface area contributed by atoms with Crippen molar-refractivity contribution in [3.05, 3.63) is 58.1 Å². The normalized spacial score (nSPS) is 10.2. The largest absolute Gasteiger partial charge is 0.483 e. The highest BCUT2D eigenvalue weighted by atomic mass is 35.5. The number of ether oxygens (including phenoxy) is 2. The Morgan fingerprint density at radius 1 is 1.12 bits per heavy atom. The van der Waals surface area contributed by atoms with Gasteiger partial charge in [0, 0.05) is 5.69 Å². The van der Waals surface area contributed by atoms with Gasteiger partial charge in [-0.1, -0.05) is 23.7 Å². The van der Waals surface area contributed by atoms with Crippen molar-refractivity contribution < 1.29 is 19.1 Å². The smallest absolute Gasteiger partial charge is 0.339 e. The number of amides is 1. The van der Waals surface area contributed by atoms with Gasteiger partial charge in [0.2, 0.25) is 0 Å². The van der Waals surface area contributed by atoms with Crippen molar-refractivity contribution in [3.8, 4) is 5.75 Å². The molecule has 1 amide bonds. The summed E-state index contributed by atoms with van der Waals surface area (Å²) < 4.78 is 10.5. The maximum absolute atomic E-state index is 12.0. The van der Waals surface area contributed by atoms with E-state index in [1.807, 2.05) is 32.0 Å². The molecule has 1 N–H and O–H groups in total. The van der Waals surface area contributed by atoms with E-state index in [9.17, 15) is 9.59 Å². The quantitative estimate of drug-likeness (QED) is 0.785. The topological polar surface area (TPSA) is 64.6 Å². The first-order valence-electron chi connectivity index (χ1n) is 7.87. The number of rotatable bonds is 6. The highest BCUT2D eigenvalue weighted by Gasteiger charge is 2.13. The standard InChI is InChI=1S/C19H20ClNO4/c1-4-24-19(23)15-8-7-14(10-16(15)20)21-18(22)11-25-17-9-12(2)5-6-13(17)3/h5-10H,4,11H2,1-3H3,(H,21,22). The maximum atomic E-state index is 12.0. The minimum Gasteiger partial charge on any atom is -0.483 e. The molecule has 25 heavy (non-hydrogen) atoms. The monoisotopic (exact) mass is 361 g/mol. The molecule has 2 rings (SSSR count). The highest BCUT2D eigenvalue weighted by molar-refractivity contribution is 6.34. The second-order valence-corrected chi connectivity index (χ2v) is 5.93. The molecule has 5 nitrogen and oxygen atoms in total. The molecular formula is C19H20ClNO4. The molecule has 2 aromatic carbocycles. The third kappa shape index (κ3) is 5.22. The van der Waals surface area contributed by atoms with Gasteiger partial charge in [0.25, 0.3) is 5.91 Å². The molecule has 0 atom stereocenters. The number of carbonyl (C=O) groups is 2. The van der Waals surface area contributed by atoms with Crippen LogP contribution in [0.2, 0.25) is 5.02 Å². The lowest BCUT2D eigenvalue weighted by Crippen LogP contribution is -2.20.